The van der Waals surface area contributed by atoms with Crippen molar-refractivity contribution in [1.82, 2.24) is 4.57 Å². The van der Waals surface area contributed by atoms with Gasteiger partial charge in [-0.3, -0.25) is 4.57 Å². The molecule has 0 saturated carbocycles. The van der Waals surface area contributed by atoms with E-state index in [0.717, 1.165) is 38.5 Å². The van der Waals surface area contributed by atoms with Crippen LogP contribution >= 0.6 is 0 Å². The van der Waals surface area contributed by atoms with E-state index in [-0.39, 0.29) is 5.92 Å². The van der Waals surface area contributed by atoms with Crippen LogP contribution in [-0.4, -0.2) is 10.4 Å². The van der Waals surface area contributed by atoms with E-state index in [4.69, 9.17) is 4.99 Å². The van der Waals surface area contributed by atoms with Crippen LogP contribution in [0.15, 0.2) is 173 Å². The molecule has 2 nitrogen and oxygen atoms in total. The molecule has 0 N–H and O–H groups in total. The monoisotopic (exact) mass is 770 g/mol. The lowest BCUT2D eigenvalue weighted by Gasteiger charge is -2.40. The quantitative estimate of drug-likeness (QED) is 0.158. The van der Waals surface area contributed by atoms with Crippen molar-refractivity contribution in [2.75, 3.05) is 0 Å². The molecule has 5 atom stereocenters. The van der Waals surface area contributed by atoms with Gasteiger partial charge in [0.05, 0.1) is 16.7 Å². The number of rotatable bonds is 1. The summed E-state index contributed by atoms with van der Waals surface area (Å²) in [5, 5.41) is 8.27. The standard InChI is InChI=1S/C58H46N2/c1-33-36-16-6-7-19-39(36)41-24-13-26-45-49(41)31-47(33)54-44-21-8-9-22-46(44)58-57(56(45)54)55-38-18-5-2-14-34(38)28-29-52(55)60(58)53-32-50(43-20-10-11-27-51(43)59-53)42-25-12-23-40-37-17-4-3-15-35(37)30-48(40)42/h2-9,11,13-19,21-22,24-29,33,45,47,49-50H,10,12,20,23,30-32H2,1H3/t33-,45?,47?,49?,50?/m0/s1. The molecular weight excluding hydrogens is 725 g/mol. The van der Waals surface area contributed by atoms with Gasteiger partial charge in [0.1, 0.15) is 5.84 Å². The van der Waals surface area contributed by atoms with Crippen molar-refractivity contribution in [3.05, 3.63) is 201 Å². The molecular formula is C58H46N2. The average Bonchev–Trinajstić information content (AvgIpc) is 3.84. The Morgan fingerprint density at radius 1 is 0.683 bits per heavy atom. The van der Waals surface area contributed by atoms with Crippen molar-refractivity contribution in [2.45, 2.75) is 69.6 Å². The molecule has 1 aliphatic heterocycles. The number of allylic oxidation sites excluding steroid dienone is 11. The molecule has 2 heteroatoms. The fourth-order valence-electron chi connectivity index (χ4n) is 13.5. The van der Waals surface area contributed by atoms with Gasteiger partial charge in [0, 0.05) is 34.4 Å². The third kappa shape index (κ3) is 4.42. The molecule has 60 heavy (non-hydrogen) atoms. The maximum Gasteiger partial charge on any atom is 0.115 e. The Kier molecular flexibility index (Phi) is 6.94. The van der Waals surface area contributed by atoms with Crippen LogP contribution in [0.1, 0.15) is 96.6 Å². The first-order valence-corrected chi connectivity index (χ1v) is 22.6. The second-order valence-electron chi connectivity index (χ2n) is 18.6. The third-order valence-electron chi connectivity index (χ3n) is 16.0. The van der Waals surface area contributed by atoms with Crippen LogP contribution < -0.4 is 0 Å². The van der Waals surface area contributed by atoms with Crippen LogP contribution in [0.2, 0.25) is 0 Å². The normalized spacial score (nSPS) is 24.8. The maximum absolute atomic E-state index is 5.80. The van der Waals surface area contributed by atoms with Crippen molar-refractivity contribution in [3.63, 3.8) is 0 Å². The molecule has 4 unspecified atom stereocenters. The first kappa shape index (κ1) is 33.6. The number of hydrogen-bond acceptors (Lipinski definition) is 1. The first-order valence-electron chi connectivity index (χ1n) is 22.6. The van der Waals surface area contributed by atoms with Gasteiger partial charge in [-0.05, 0) is 146 Å². The van der Waals surface area contributed by atoms with Crippen LogP contribution in [0.3, 0.4) is 0 Å². The van der Waals surface area contributed by atoms with Crippen molar-refractivity contribution < 1.29 is 0 Å². The van der Waals surface area contributed by atoms with Gasteiger partial charge in [-0.2, -0.15) is 0 Å². The van der Waals surface area contributed by atoms with Gasteiger partial charge in [0.25, 0.3) is 0 Å². The zero-order valence-electron chi connectivity index (χ0n) is 34.1. The fourth-order valence-corrected chi connectivity index (χ4v) is 13.5. The second-order valence-corrected chi connectivity index (χ2v) is 18.6. The summed E-state index contributed by atoms with van der Waals surface area (Å²) in [6, 6.07) is 41.9. The fraction of sp³-hybridized carbons (Fsp3) is 0.224. The van der Waals surface area contributed by atoms with Gasteiger partial charge in [-0.1, -0.05) is 140 Å². The SMILES string of the molecule is C[C@H]1c2ccccc2C2=CC=CC3c4c(c5ccccc5c5c4c4c6ccccc6ccc4n5C4=NC5=C(CCC=C5)C(C5=CCCC6=C5Cc5ccccc56)C4)C1CC23. The molecule has 0 spiro atoms. The predicted octanol–water partition coefficient (Wildman–Crippen LogP) is 14.7. The van der Waals surface area contributed by atoms with Crippen LogP contribution in [0.5, 0.6) is 0 Å². The molecule has 288 valence electrons. The number of fused-ring (bicyclic) bond motifs is 17. The van der Waals surface area contributed by atoms with Crippen LogP contribution in [0, 0.1) is 11.8 Å². The Balaban J connectivity index is 1.08. The summed E-state index contributed by atoms with van der Waals surface area (Å²) >= 11 is 0. The molecule has 0 amide bonds. The summed E-state index contributed by atoms with van der Waals surface area (Å²) < 4.78 is 2.67. The molecule has 6 aliphatic carbocycles. The van der Waals surface area contributed by atoms with Crippen molar-refractivity contribution in [1.29, 1.82) is 0 Å². The molecule has 0 saturated heterocycles. The zero-order valence-corrected chi connectivity index (χ0v) is 34.1. The molecule has 7 aromatic rings. The number of aliphatic imine (C=N–C) groups is 1. The summed E-state index contributed by atoms with van der Waals surface area (Å²) in [5.41, 5.74) is 20.7. The largest absolute Gasteiger partial charge is 0.297 e. The maximum atomic E-state index is 5.80. The zero-order chi connectivity index (χ0) is 39.2. The summed E-state index contributed by atoms with van der Waals surface area (Å²) in [7, 11) is 0. The molecule has 6 aromatic carbocycles. The van der Waals surface area contributed by atoms with Gasteiger partial charge < -0.3 is 0 Å². The van der Waals surface area contributed by atoms with Crippen molar-refractivity contribution in [3.8, 4) is 0 Å². The molecule has 7 aliphatic rings. The Hall–Kier alpha value is -6.25. The van der Waals surface area contributed by atoms with Crippen LogP contribution in [0.4, 0.5) is 0 Å². The number of aromatic nitrogens is 1. The van der Waals surface area contributed by atoms with E-state index < -0.39 is 0 Å². The van der Waals surface area contributed by atoms with Crippen molar-refractivity contribution in [2.24, 2.45) is 16.8 Å². The first-order chi connectivity index (χ1) is 29.7. The molecule has 0 radical (unpaired) electrons. The van der Waals surface area contributed by atoms with Gasteiger partial charge in [0.15, 0.2) is 0 Å². The molecule has 2 bridgehead atoms. The van der Waals surface area contributed by atoms with Crippen molar-refractivity contribution >= 4 is 60.3 Å². The number of nitrogens with zero attached hydrogens (tertiary/aromatic N) is 2. The predicted molar refractivity (Wildman–Crippen MR) is 251 cm³/mol. The highest BCUT2D eigenvalue weighted by Gasteiger charge is 2.45. The molecule has 0 fully saturated rings. The highest BCUT2D eigenvalue weighted by atomic mass is 15.1. The minimum atomic E-state index is 0.290. The topological polar surface area (TPSA) is 17.3 Å². The lowest BCUT2D eigenvalue weighted by Crippen LogP contribution is -2.27. The van der Waals surface area contributed by atoms with E-state index in [1.807, 2.05) is 0 Å². The summed E-state index contributed by atoms with van der Waals surface area (Å²) in [4.78, 5) is 5.80. The number of hydrogen-bond donors (Lipinski definition) is 0. The molecule has 14 rings (SSSR count). The Morgan fingerprint density at radius 3 is 2.43 bits per heavy atom. The lowest BCUT2D eigenvalue weighted by atomic mass is 9.63. The van der Waals surface area contributed by atoms with Gasteiger partial charge in [-0.25, -0.2) is 4.99 Å². The van der Waals surface area contributed by atoms with E-state index in [1.54, 1.807) is 27.8 Å². The minimum absolute atomic E-state index is 0.290. The van der Waals surface area contributed by atoms with E-state index in [1.165, 1.54) is 94.7 Å². The van der Waals surface area contributed by atoms with Crippen LogP contribution in [0.25, 0.3) is 54.5 Å². The highest BCUT2D eigenvalue weighted by Crippen LogP contribution is 2.61. The van der Waals surface area contributed by atoms with Crippen LogP contribution in [-0.2, 0) is 6.42 Å². The minimum Gasteiger partial charge on any atom is -0.297 e. The molecule has 2 heterocycles. The van der Waals surface area contributed by atoms with Gasteiger partial charge in [0.2, 0.25) is 0 Å². The van der Waals surface area contributed by atoms with E-state index in [2.05, 4.69) is 157 Å². The smallest absolute Gasteiger partial charge is 0.115 e. The Morgan fingerprint density at radius 2 is 1.50 bits per heavy atom. The number of benzene rings is 6. The van der Waals surface area contributed by atoms with E-state index >= 15 is 0 Å². The van der Waals surface area contributed by atoms with E-state index in [0.29, 0.717) is 23.7 Å². The summed E-state index contributed by atoms with van der Waals surface area (Å²) in [6.45, 7) is 2.51. The summed E-state index contributed by atoms with van der Waals surface area (Å²) in [6.07, 6.45) is 22.3. The highest BCUT2D eigenvalue weighted by molar-refractivity contribution is 6.30. The third-order valence-corrected chi connectivity index (χ3v) is 16.0. The Bertz CT molecular complexity index is 3330. The van der Waals surface area contributed by atoms with Gasteiger partial charge >= 0.3 is 0 Å². The van der Waals surface area contributed by atoms with Gasteiger partial charge in [-0.15, -0.1) is 0 Å². The average molecular weight is 771 g/mol. The van der Waals surface area contributed by atoms with E-state index in [9.17, 15) is 0 Å². The summed E-state index contributed by atoms with van der Waals surface area (Å²) in [5.74, 6) is 3.03. The lowest BCUT2D eigenvalue weighted by molar-refractivity contribution is 0.421. The second kappa shape index (κ2) is 12.4. The molecule has 1 aromatic heterocycles. The Labute approximate surface area is 351 Å².